The predicted molar refractivity (Wildman–Crippen MR) is 90.2 cm³/mol. The van der Waals surface area contributed by atoms with Crippen molar-refractivity contribution >= 4 is 34.9 Å². The van der Waals surface area contributed by atoms with E-state index in [1.807, 2.05) is 19.1 Å². The molecule has 0 saturated carbocycles. The summed E-state index contributed by atoms with van der Waals surface area (Å²) in [5.74, 6) is 0.613. The van der Waals surface area contributed by atoms with Gasteiger partial charge in [0, 0.05) is 10.7 Å². The summed E-state index contributed by atoms with van der Waals surface area (Å²) in [4.78, 5) is 11.7. The van der Waals surface area contributed by atoms with Crippen LogP contribution < -0.4 is 15.4 Å². The van der Waals surface area contributed by atoms with Crippen molar-refractivity contribution in [2.75, 3.05) is 18.5 Å². The van der Waals surface area contributed by atoms with Crippen molar-refractivity contribution in [2.24, 2.45) is 0 Å². The molecule has 2 N–H and O–H groups in total. The van der Waals surface area contributed by atoms with Crippen molar-refractivity contribution in [1.82, 2.24) is 5.32 Å². The summed E-state index contributed by atoms with van der Waals surface area (Å²) < 4.78 is 5.54. The molecule has 0 spiro atoms. The van der Waals surface area contributed by atoms with E-state index in [1.165, 1.54) is 0 Å². The second-order valence-electron chi connectivity index (χ2n) is 4.67. The maximum absolute atomic E-state index is 11.7. The standard InChI is InChI=1S/C16H16Cl2N2O2/c1-11-2-7-14(18)15(10-11)22-9-8-19-16(21)20-13-5-3-12(17)4-6-13/h2-7,10H,8-9H2,1H3,(H2,19,20,21). The molecule has 0 fully saturated rings. The molecule has 6 heteroatoms. The lowest BCUT2D eigenvalue weighted by atomic mass is 10.2. The Hall–Kier alpha value is -1.91. The smallest absolute Gasteiger partial charge is 0.319 e. The van der Waals surface area contributed by atoms with Gasteiger partial charge in [0.2, 0.25) is 0 Å². The first-order valence-electron chi connectivity index (χ1n) is 6.74. The van der Waals surface area contributed by atoms with Gasteiger partial charge in [-0.1, -0.05) is 29.3 Å². The van der Waals surface area contributed by atoms with Gasteiger partial charge in [-0.2, -0.15) is 0 Å². The zero-order chi connectivity index (χ0) is 15.9. The third-order valence-corrected chi connectivity index (χ3v) is 3.40. The van der Waals surface area contributed by atoms with E-state index in [2.05, 4.69) is 10.6 Å². The van der Waals surface area contributed by atoms with E-state index < -0.39 is 0 Å². The molecule has 0 saturated heterocycles. The molecule has 0 aliphatic heterocycles. The van der Waals surface area contributed by atoms with Crippen LogP contribution >= 0.6 is 23.2 Å². The first-order valence-corrected chi connectivity index (χ1v) is 7.49. The fourth-order valence-corrected chi connectivity index (χ4v) is 2.05. The van der Waals surface area contributed by atoms with Gasteiger partial charge in [-0.05, 0) is 48.9 Å². The zero-order valence-electron chi connectivity index (χ0n) is 12.0. The molecule has 0 aliphatic carbocycles. The number of ether oxygens (including phenoxy) is 1. The molecule has 0 radical (unpaired) electrons. The summed E-state index contributed by atoms with van der Waals surface area (Å²) in [7, 11) is 0. The number of aryl methyl sites for hydroxylation is 1. The fourth-order valence-electron chi connectivity index (χ4n) is 1.76. The molecule has 0 bridgehead atoms. The third-order valence-electron chi connectivity index (χ3n) is 2.83. The van der Waals surface area contributed by atoms with E-state index in [9.17, 15) is 4.79 Å². The van der Waals surface area contributed by atoms with Crippen LogP contribution in [0.15, 0.2) is 42.5 Å². The Kier molecular flexibility index (Phi) is 5.92. The average molecular weight is 339 g/mol. The van der Waals surface area contributed by atoms with Gasteiger partial charge < -0.3 is 15.4 Å². The largest absolute Gasteiger partial charge is 0.490 e. The Bertz CT molecular complexity index is 645. The van der Waals surface area contributed by atoms with Crippen LogP contribution in [0, 0.1) is 6.92 Å². The van der Waals surface area contributed by atoms with Crippen molar-refractivity contribution in [1.29, 1.82) is 0 Å². The summed E-state index contributed by atoms with van der Waals surface area (Å²) in [6.07, 6.45) is 0. The van der Waals surface area contributed by atoms with Gasteiger partial charge in [-0.15, -0.1) is 0 Å². The minimum Gasteiger partial charge on any atom is -0.490 e. The van der Waals surface area contributed by atoms with Crippen molar-refractivity contribution in [3.05, 3.63) is 58.1 Å². The van der Waals surface area contributed by atoms with E-state index in [0.29, 0.717) is 34.6 Å². The molecule has 0 unspecified atom stereocenters. The number of hydrogen-bond donors (Lipinski definition) is 2. The van der Waals surface area contributed by atoms with Gasteiger partial charge in [-0.25, -0.2) is 4.79 Å². The second kappa shape index (κ2) is 7.92. The van der Waals surface area contributed by atoms with Crippen molar-refractivity contribution in [2.45, 2.75) is 6.92 Å². The first kappa shape index (κ1) is 16.5. The monoisotopic (exact) mass is 338 g/mol. The van der Waals surface area contributed by atoms with Crippen molar-refractivity contribution in [3.63, 3.8) is 0 Å². The van der Waals surface area contributed by atoms with Gasteiger partial charge in [-0.3, -0.25) is 0 Å². The van der Waals surface area contributed by atoms with Gasteiger partial charge in [0.05, 0.1) is 11.6 Å². The number of halogens is 2. The quantitative estimate of drug-likeness (QED) is 0.788. The zero-order valence-corrected chi connectivity index (χ0v) is 13.5. The lowest BCUT2D eigenvalue weighted by molar-refractivity contribution is 0.247. The van der Waals surface area contributed by atoms with Crippen LogP contribution in [0.25, 0.3) is 0 Å². The average Bonchev–Trinajstić information content (AvgIpc) is 2.49. The molecule has 0 heterocycles. The second-order valence-corrected chi connectivity index (χ2v) is 5.51. The number of carbonyl (C=O) groups is 1. The number of rotatable bonds is 5. The highest BCUT2D eigenvalue weighted by atomic mass is 35.5. The molecule has 2 rings (SSSR count). The van der Waals surface area contributed by atoms with E-state index in [4.69, 9.17) is 27.9 Å². The number of carbonyl (C=O) groups excluding carboxylic acids is 1. The lowest BCUT2D eigenvalue weighted by Gasteiger charge is -2.10. The van der Waals surface area contributed by atoms with Gasteiger partial charge in [0.15, 0.2) is 0 Å². The van der Waals surface area contributed by atoms with E-state index in [0.717, 1.165) is 5.56 Å². The van der Waals surface area contributed by atoms with Gasteiger partial charge in [0.1, 0.15) is 12.4 Å². The molecule has 2 aromatic rings. The highest BCUT2D eigenvalue weighted by molar-refractivity contribution is 6.32. The fraction of sp³-hybridized carbons (Fsp3) is 0.188. The predicted octanol–water partition coefficient (Wildman–Crippen LogP) is 4.50. The lowest BCUT2D eigenvalue weighted by Crippen LogP contribution is -2.32. The molecule has 4 nitrogen and oxygen atoms in total. The van der Waals surface area contributed by atoms with Crippen LogP contribution in [0.5, 0.6) is 5.75 Å². The van der Waals surface area contributed by atoms with Crippen LogP contribution in [0.2, 0.25) is 10.0 Å². The Morgan fingerprint density at radius 3 is 2.59 bits per heavy atom. The van der Waals surface area contributed by atoms with E-state index in [1.54, 1.807) is 30.3 Å². The Morgan fingerprint density at radius 1 is 1.14 bits per heavy atom. The topological polar surface area (TPSA) is 50.4 Å². The third kappa shape index (κ3) is 5.13. The van der Waals surface area contributed by atoms with E-state index >= 15 is 0 Å². The van der Waals surface area contributed by atoms with Gasteiger partial charge >= 0.3 is 6.03 Å². The van der Waals surface area contributed by atoms with E-state index in [-0.39, 0.29) is 6.03 Å². The molecule has 0 atom stereocenters. The molecule has 116 valence electrons. The van der Waals surface area contributed by atoms with Crippen molar-refractivity contribution in [3.8, 4) is 5.75 Å². The summed E-state index contributed by atoms with van der Waals surface area (Å²) in [6.45, 7) is 2.65. The number of benzene rings is 2. The molecule has 22 heavy (non-hydrogen) atoms. The van der Waals surface area contributed by atoms with Crippen LogP contribution in [0.3, 0.4) is 0 Å². The van der Waals surface area contributed by atoms with Crippen LogP contribution in [-0.4, -0.2) is 19.2 Å². The Labute approximate surface area is 139 Å². The number of amides is 2. The molecular formula is C16H16Cl2N2O2. The summed E-state index contributed by atoms with van der Waals surface area (Å²) in [5, 5.41) is 6.57. The molecule has 2 aromatic carbocycles. The maximum Gasteiger partial charge on any atom is 0.319 e. The van der Waals surface area contributed by atoms with Crippen LogP contribution in [0.1, 0.15) is 5.56 Å². The first-order chi connectivity index (χ1) is 10.5. The molecular weight excluding hydrogens is 323 g/mol. The molecule has 0 aromatic heterocycles. The van der Waals surface area contributed by atoms with Crippen molar-refractivity contribution < 1.29 is 9.53 Å². The number of hydrogen-bond acceptors (Lipinski definition) is 2. The Balaban J connectivity index is 1.73. The number of nitrogens with one attached hydrogen (secondary N) is 2. The summed E-state index contributed by atoms with van der Waals surface area (Å²) in [5.41, 5.74) is 1.73. The SMILES string of the molecule is Cc1ccc(Cl)c(OCCNC(=O)Nc2ccc(Cl)cc2)c1. The number of urea groups is 1. The van der Waals surface area contributed by atoms with Gasteiger partial charge in [0.25, 0.3) is 0 Å². The number of anilines is 1. The summed E-state index contributed by atoms with van der Waals surface area (Å²) >= 11 is 11.8. The normalized spacial score (nSPS) is 10.1. The minimum absolute atomic E-state index is 0.304. The highest BCUT2D eigenvalue weighted by Crippen LogP contribution is 2.24. The molecule has 2 amide bonds. The van der Waals surface area contributed by atoms with Crippen LogP contribution in [-0.2, 0) is 0 Å². The van der Waals surface area contributed by atoms with Crippen LogP contribution in [0.4, 0.5) is 10.5 Å². The minimum atomic E-state index is -0.304. The molecule has 0 aliphatic rings. The summed E-state index contributed by atoms with van der Waals surface area (Å²) in [6, 6.07) is 12.1. The maximum atomic E-state index is 11.7. The Morgan fingerprint density at radius 2 is 1.86 bits per heavy atom. The highest BCUT2D eigenvalue weighted by Gasteiger charge is 2.03.